The van der Waals surface area contributed by atoms with E-state index in [-0.39, 0.29) is 12.5 Å². The van der Waals surface area contributed by atoms with E-state index in [1.165, 1.54) is 10.9 Å². The summed E-state index contributed by atoms with van der Waals surface area (Å²) in [7, 11) is 0. The third kappa shape index (κ3) is 3.40. The maximum Gasteiger partial charge on any atom is 0.246 e. The van der Waals surface area contributed by atoms with E-state index in [2.05, 4.69) is 38.2 Å². The van der Waals surface area contributed by atoms with Gasteiger partial charge in [0.25, 0.3) is 0 Å². The van der Waals surface area contributed by atoms with Crippen LogP contribution in [0.1, 0.15) is 0 Å². The highest BCUT2D eigenvalue weighted by Gasteiger charge is 2.06. The van der Waals surface area contributed by atoms with E-state index in [9.17, 15) is 4.79 Å². The van der Waals surface area contributed by atoms with Crippen LogP contribution in [-0.4, -0.2) is 20.9 Å². The second-order valence-corrected chi connectivity index (χ2v) is 4.87. The fourth-order valence-corrected chi connectivity index (χ4v) is 2.25. The molecule has 2 rings (SSSR count). The van der Waals surface area contributed by atoms with Gasteiger partial charge in [0, 0.05) is 14.8 Å². The quantitative estimate of drug-likeness (QED) is 0.852. The van der Waals surface area contributed by atoms with E-state index in [0.717, 1.165) is 9.26 Å². The van der Waals surface area contributed by atoms with Crippen molar-refractivity contribution < 1.29 is 4.79 Å². The zero-order valence-electron chi connectivity index (χ0n) is 8.60. The van der Waals surface area contributed by atoms with Crippen LogP contribution in [-0.2, 0) is 11.3 Å². The highest BCUT2D eigenvalue weighted by molar-refractivity contribution is 14.1. The van der Waals surface area contributed by atoms with Crippen molar-refractivity contribution in [3.8, 4) is 0 Å². The van der Waals surface area contributed by atoms with Crippen LogP contribution in [0.3, 0.4) is 0 Å². The molecule has 0 saturated heterocycles. The summed E-state index contributed by atoms with van der Waals surface area (Å²) in [5.41, 5.74) is 0.736. The highest BCUT2D eigenvalue weighted by Crippen LogP contribution is 2.22. The topological polar surface area (TPSA) is 59.8 Å². The van der Waals surface area contributed by atoms with E-state index >= 15 is 0 Å². The van der Waals surface area contributed by atoms with Crippen molar-refractivity contribution >= 4 is 45.8 Å². The van der Waals surface area contributed by atoms with Crippen molar-refractivity contribution in [1.82, 2.24) is 15.0 Å². The number of anilines is 1. The second kappa shape index (κ2) is 5.46. The van der Waals surface area contributed by atoms with Gasteiger partial charge in [0.05, 0.1) is 11.9 Å². The van der Waals surface area contributed by atoms with Crippen LogP contribution in [0.15, 0.2) is 30.6 Å². The van der Waals surface area contributed by atoms with E-state index < -0.39 is 0 Å². The number of rotatable bonds is 3. The molecule has 1 aromatic heterocycles. The number of aromatic nitrogens is 3. The van der Waals surface area contributed by atoms with Crippen LogP contribution in [0.25, 0.3) is 0 Å². The molecule has 2 aromatic rings. The molecule has 0 saturated carbocycles. The van der Waals surface area contributed by atoms with Gasteiger partial charge < -0.3 is 5.32 Å². The summed E-state index contributed by atoms with van der Waals surface area (Å²) in [5, 5.41) is 10.8. The zero-order valence-corrected chi connectivity index (χ0v) is 11.5. The van der Waals surface area contributed by atoms with E-state index in [0.29, 0.717) is 5.02 Å². The minimum absolute atomic E-state index is 0.138. The summed E-state index contributed by atoms with van der Waals surface area (Å²) >= 11 is 7.94. The first-order valence-corrected chi connectivity index (χ1v) is 6.20. The Labute approximate surface area is 116 Å². The summed E-state index contributed by atoms with van der Waals surface area (Å²) in [4.78, 5) is 11.7. The molecule has 88 valence electrons. The van der Waals surface area contributed by atoms with Crippen molar-refractivity contribution in [3.05, 3.63) is 39.2 Å². The van der Waals surface area contributed by atoms with Crippen LogP contribution in [0.5, 0.6) is 0 Å². The number of carbonyl (C=O) groups is 1. The third-order valence-electron chi connectivity index (χ3n) is 1.98. The molecule has 0 bridgehead atoms. The van der Waals surface area contributed by atoms with Crippen LogP contribution < -0.4 is 5.32 Å². The normalized spacial score (nSPS) is 10.2. The molecule has 7 heteroatoms. The molecule has 5 nitrogen and oxygen atoms in total. The fourth-order valence-electron chi connectivity index (χ4n) is 1.24. The lowest BCUT2D eigenvalue weighted by Crippen LogP contribution is -2.19. The first-order chi connectivity index (χ1) is 8.15. The smallest absolute Gasteiger partial charge is 0.246 e. The van der Waals surface area contributed by atoms with Gasteiger partial charge in [0.2, 0.25) is 5.91 Å². The summed E-state index contributed by atoms with van der Waals surface area (Å²) in [6, 6.07) is 5.28. The number of hydrogen-bond acceptors (Lipinski definition) is 3. The Kier molecular flexibility index (Phi) is 3.95. The Morgan fingerprint density at radius 2 is 2.35 bits per heavy atom. The molecular weight excluding hydrogens is 354 g/mol. The van der Waals surface area contributed by atoms with Gasteiger partial charge >= 0.3 is 0 Å². The monoisotopic (exact) mass is 362 g/mol. The average Bonchev–Trinajstić information content (AvgIpc) is 2.75. The predicted octanol–water partition coefficient (Wildman–Crippen LogP) is 2.17. The summed E-state index contributed by atoms with van der Waals surface area (Å²) < 4.78 is 2.35. The summed E-state index contributed by atoms with van der Waals surface area (Å²) in [6.45, 7) is 0.138. The fraction of sp³-hybridized carbons (Fsp3) is 0.100. The molecule has 0 aliphatic heterocycles. The highest BCUT2D eigenvalue weighted by atomic mass is 127. The lowest BCUT2D eigenvalue weighted by molar-refractivity contribution is -0.116. The Bertz CT molecular complexity index is 529. The van der Waals surface area contributed by atoms with Crippen LogP contribution in [0.4, 0.5) is 5.69 Å². The number of carbonyl (C=O) groups excluding carboxylic acids is 1. The van der Waals surface area contributed by atoms with Crippen molar-refractivity contribution in [3.63, 3.8) is 0 Å². The molecule has 1 heterocycles. The van der Waals surface area contributed by atoms with Crippen molar-refractivity contribution in [2.45, 2.75) is 6.54 Å². The number of benzene rings is 1. The Morgan fingerprint density at radius 1 is 1.53 bits per heavy atom. The van der Waals surface area contributed by atoms with Crippen LogP contribution in [0.2, 0.25) is 5.02 Å². The Hall–Kier alpha value is -1.15. The molecule has 0 radical (unpaired) electrons. The molecule has 0 aliphatic carbocycles. The first-order valence-electron chi connectivity index (χ1n) is 4.74. The van der Waals surface area contributed by atoms with Gasteiger partial charge in [-0.05, 0) is 40.8 Å². The molecule has 0 aliphatic rings. The van der Waals surface area contributed by atoms with Gasteiger partial charge in [-0.2, -0.15) is 0 Å². The first kappa shape index (κ1) is 12.3. The van der Waals surface area contributed by atoms with Gasteiger partial charge in [0.1, 0.15) is 6.54 Å². The second-order valence-electron chi connectivity index (χ2n) is 3.27. The van der Waals surface area contributed by atoms with E-state index in [4.69, 9.17) is 11.6 Å². The zero-order chi connectivity index (χ0) is 12.3. The average molecular weight is 363 g/mol. The molecule has 0 fully saturated rings. The molecule has 0 spiro atoms. The Balaban J connectivity index is 2.03. The van der Waals surface area contributed by atoms with Crippen molar-refractivity contribution in [2.24, 2.45) is 0 Å². The number of nitrogens with one attached hydrogen (secondary N) is 1. The lowest BCUT2D eigenvalue weighted by atomic mass is 10.3. The largest absolute Gasteiger partial charge is 0.324 e. The molecule has 1 aromatic carbocycles. The number of halogens is 2. The standard InChI is InChI=1S/C10H8ClIN4O/c11-7-1-2-9(8(12)5-7)14-10(17)6-16-4-3-13-15-16/h1-5H,6H2,(H,14,17). The molecule has 0 unspecified atom stereocenters. The molecule has 17 heavy (non-hydrogen) atoms. The number of nitrogens with zero attached hydrogens (tertiary/aromatic N) is 3. The van der Waals surface area contributed by atoms with Gasteiger partial charge in [-0.25, -0.2) is 4.68 Å². The van der Waals surface area contributed by atoms with Crippen molar-refractivity contribution in [2.75, 3.05) is 5.32 Å². The van der Waals surface area contributed by atoms with Crippen molar-refractivity contribution in [1.29, 1.82) is 0 Å². The predicted molar refractivity (Wildman–Crippen MR) is 72.8 cm³/mol. The molecule has 1 amide bonds. The minimum Gasteiger partial charge on any atom is -0.324 e. The minimum atomic E-state index is -0.157. The Morgan fingerprint density at radius 3 is 3.00 bits per heavy atom. The van der Waals surface area contributed by atoms with Gasteiger partial charge in [0.15, 0.2) is 0 Å². The van der Waals surface area contributed by atoms with Crippen LogP contribution >= 0.6 is 34.2 Å². The number of hydrogen-bond donors (Lipinski definition) is 1. The van der Waals surface area contributed by atoms with Crippen LogP contribution in [0, 0.1) is 3.57 Å². The third-order valence-corrected chi connectivity index (χ3v) is 3.11. The maximum atomic E-state index is 11.7. The number of amides is 1. The van der Waals surface area contributed by atoms with E-state index in [1.807, 2.05) is 0 Å². The summed E-state index contributed by atoms with van der Waals surface area (Å²) in [6.07, 6.45) is 3.16. The maximum absolute atomic E-state index is 11.7. The molecule has 0 atom stereocenters. The van der Waals surface area contributed by atoms with E-state index in [1.54, 1.807) is 24.4 Å². The SMILES string of the molecule is O=C(Cn1ccnn1)Nc1ccc(Cl)cc1I. The molecule has 1 N–H and O–H groups in total. The van der Waals surface area contributed by atoms with Gasteiger partial charge in [-0.3, -0.25) is 4.79 Å². The summed E-state index contributed by atoms with van der Waals surface area (Å²) in [5.74, 6) is -0.157. The van der Waals surface area contributed by atoms with Gasteiger partial charge in [-0.1, -0.05) is 16.8 Å². The molecular formula is C10H8ClIN4O. The van der Waals surface area contributed by atoms with Gasteiger partial charge in [-0.15, -0.1) is 5.10 Å². The lowest BCUT2D eigenvalue weighted by Gasteiger charge is -2.07.